The number of methoxy groups -OCH3 is 1. The Labute approximate surface area is 138 Å². The molecular formula is C18H28N2O3. The van der Waals surface area contributed by atoms with Gasteiger partial charge in [-0.1, -0.05) is 6.07 Å². The molecule has 2 amide bonds. The molecule has 5 nitrogen and oxygen atoms in total. The van der Waals surface area contributed by atoms with Gasteiger partial charge in [0.2, 0.25) is 0 Å². The predicted octanol–water partition coefficient (Wildman–Crippen LogP) is 2.53. The summed E-state index contributed by atoms with van der Waals surface area (Å²) in [6, 6.07) is 6.15. The van der Waals surface area contributed by atoms with Gasteiger partial charge in [-0.2, -0.15) is 0 Å². The fourth-order valence-electron chi connectivity index (χ4n) is 3.06. The summed E-state index contributed by atoms with van der Waals surface area (Å²) in [5, 5.41) is 12.3. The Kier molecular flexibility index (Phi) is 6.28. The summed E-state index contributed by atoms with van der Waals surface area (Å²) in [6.07, 6.45) is 3.52. The normalized spacial score (nSPS) is 18.0. The molecule has 2 atom stereocenters. The van der Waals surface area contributed by atoms with E-state index in [4.69, 9.17) is 4.74 Å². The largest absolute Gasteiger partial charge is 0.497 e. The van der Waals surface area contributed by atoms with Crippen LogP contribution in [0.5, 0.6) is 5.75 Å². The van der Waals surface area contributed by atoms with Crippen LogP contribution in [0.1, 0.15) is 43.2 Å². The van der Waals surface area contributed by atoms with E-state index in [0.717, 1.165) is 25.0 Å². The number of aliphatic hydroxyl groups is 1. The van der Waals surface area contributed by atoms with Crippen LogP contribution in [-0.2, 0) is 6.42 Å². The van der Waals surface area contributed by atoms with E-state index in [0.29, 0.717) is 25.4 Å². The van der Waals surface area contributed by atoms with Gasteiger partial charge < -0.3 is 20.1 Å². The number of hydrogen-bond acceptors (Lipinski definition) is 3. The van der Waals surface area contributed by atoms with Crippen LogP contribution in [0.3, 0.4) is 0 Å². The highest BCUT2D eigenvalue weighted by atomic mass is 16.5. The first-order valence-corrected chi connectivity index (χ1v) is 8.35. The molecule has 0 saturated heterocycles. The molecule has 1 aromatic rings. The van der Waals surface area contributed by atoms with Crippen LogP contribution in [0.2, 0.25) is 0 Å². The lowest BCUT2D eigenvalue weighted by Crippen LogP contribution is -2.40. The molecular weight excluding hydrogens is 292 g/mol. The molecule has 1 aliphatic carbocycles. The molecule has 5 heteroatoms. The van der Waals surface area contributed by atoms with Gasteiger partial charge >= 0.3 is 6.03 Å². The highest BCUT2D eigenvalue weighted by molar-refractivity contribution is 5.73. The Morgan fingerprint density at radius 2 is 2.30 bits per heavy atom. The van der Waals surface area contributed by atoms with Crippen LogP contribution in [0.4, 0.5) is 4.79 Å². The summed E-state index contributed by atoms with van der Waals surface area (Å²) in [5.74, 6) is 1.25. The molecule has 2 rings (SSSR count). The third kappa shape index (κ3) is 4.86. The summed E-state index contributed by atoms with van der Waals surface area (Å²) < 4.78 is 5.29. The van der Waals surface area contributed by atoms with Crippen molar-refractivity contribution >= 4 is 6.03 Å². The van der Waals surface area contributed by atoms with Crippen molar-refractivity contribution in [1.82, 2.24) is 10.2 Å². The van der Waals surface area contributed by atoms with E-state index in [1.807, 2.05) is 6.07 Å². The van der Waals surface area contributed by atoms with Crippen molar-refractivity contribution in [3.8, 4) is 5.75 Å². The van der Waals surface area contributed by atoms with Crippen molar-refractivity contribution in [1.29, 1.82) is 0 Å². The SMILES string of the molecule is COc1ccc2c(c1)CCCC2CNC(=O)N(C)CCC(C)O. The number of nitrogens with zero attached hydrogens (tertiary/aromatic N) is 1. The number of rotatable bonds is 6. The van der Waals surface area contributed by atoms with Gasteiger partial charge in [0.1, 0.15) is 5.75 Å². The van der Waals surface area contributed by atoms with Gasteiger partial charge in [0.05, 0.1) is 13.2 Å². The monoisotopic (exact) mass is 320 g/mol. The van der Waals surface area contributed by atoms with E-state index in [1.54, 1.807) is 26.0 Å². The lowest BCUT2D eigenvalue weighted by Gasteiger charge is -2.27. The van der Waals surface area contributed by atoms with Crippen LogP contribution in [0.15, 0.2) is 18.2 Å². The van der Waals surface area contributed by atoms with Gasteiger partial charge in [0.15, 0.2) is 0 Å². The minimum absolute atomic E-state index is 0.0775. The molecule has 1 aliphatic rings. The second kappa shape index (κ2) is 8.20. The number of ether oxygens (including phenoxy) is 1. The third-order valence-corrected chi connectivity index (χ3v) is 4.52. The first-order chi connectivity index (χ1) is 11.0. The maximum Gasteiger partial charge on any atom is 0.317 e. The Bertz CT molecular complexity index is 531. The number of amides is 2. The van der Waals surface area contributed by atoms with Crippen molar-refractivity contribution in [3.63, 3.8) is 0 Å². The smallest absolute Gasteiger partial charge is 0.317 e. The average molecular weight is 320 g/mol. The zero-order valence-electron chi connectivity index (χ0n) is 14.3. The Hall–Kier alpha value is -1.75. The van der Waals surface area contributed by atoms with E-state index < -0.39 is 0 Å². The Morgan fingerprint density at radius 1 is 1.52 bits per heavy atom. The van der Waals surface area contributed by atoms with Gasteiger partial charge in [-0.15, -0.1) is 0 Å². The maximum absolute atomic E-state index is 12.1. The fraction of sp³-hybridized carbons (Fsp3) is 0.611. The minimum Gasteiger partial charge on any atom is -0.497 e. The summed E-state index contributed by atoms with van der Waals surface area (Å²) in [7, 11) is 3.45. The number of urea groups is 1. The van der Waals surface area contributed by atoms with E-state index >= 15 is 0 Å². The molecule has 0 spiro atoms. The molecule has 2 N–H and O–H groups in total. The number of benzene rings is 1. The number of carbonyl (C=O) groups excluding carboxylic acids is 1. The molecule has 0 aromatic heterocycles. The fourth-order valence-corrected chi connectivity index (χ4v) is 3.06. The number of nitrogens with one attached hydrogen (secondary N) is 1. The summed E-state index contributed by atoms with van der Waals surface area (Å²) in [4.78, 5) is 13.8. The molecule has 0 fully saturated rings. The minimum atomic E-state index is -0.384. The average Bonchev–Trinajstić information content (AvgIpc) is 2.56. The molecule has 128 valence electrons. The van der Waals surface area contributed by atoms with Crippen LogP contribution in [0, 0.1) is 0 Å². The molecule has 0 bridgehead atoms. The predicted molar refractivity (Wildman–Crippen MR) is 91.0 cm³/mol. The molecule has 0 saturated carbocycles. The zero-order chi connectivity index (χ0) is 16.8. The van der Waals surface area contributed by atoms with E-state index in [2.05, 4.69) is 17.4 Å². The molecule has 0 radical (unpaired) electrons. The molecule has 0 heterocycles. The van der Waals surface area contributed by atoms with E-state index in [1.165, 1.54) is 11.1 Å². The quantitative estimate of drug-likeness (QED) is 0.847. The number of aliphatic hydroxyl groups excluding tert-OH is 1. The van der Waals surface area contributed by atoms with Crippen molar-refractivity contribution in [2.75, 3.05) is 27.2 Å². The van der Waals surface area contributed by atoms with Gasteiger partial charge in [-0.25, -0.2) is 4.79 Å². The second-order valence-electron chi connectivity index (χ2n) is 6.40. The van der Waals surface area contributed by atoms with E-state index in [9.17, 15) is 9.90 Å². The molecule has 23 heavy (non-hydrogen) atoms. The number of fused-ring (bicyclic) bond motifs is 1. The standard InChI is InChI=1S/C18H28N2O3/c1-13(21)9-10-20(2)18(22)19-12-15-6-4-5-14-11-16(23-3)7-8-17(14)15/h7-8,11,13,15,21H,4-6,9-10,12H2,1-3H3,(H,19,22). The van der Waals surface area contributed by atoms with Crippen molar-refractivity contribution in [2.24, 2.45) is 0 Å². The van der Waals surface area contributed by atoms with Crippen molar-refractivity contribution in [3.05, 3.63) is 29.3 Å². The lowest BCUT2D eigenvalue weighted by molar-refractivity contribution is 0.163. The number of hydrogen-bond donors (Lipinski definition) is 2. The maximum atomic E-state index is 12.1. The third-order valence-electron chi connectivity index (χ3n) is 4.52. The first-order valence-electron chi connectivity index (χ1n) is 8.35. The van der Waals surface area contributed by atoms with Crippen LogP contribution in [0.25, 0.3) is 0 Å². The highest BCUT2D eigenvalue weighted by Gasteiger charge is 2.21. The second-order valence-corrected chi connectivity index (χ2v) is 6.40. The zero-order valence-corrected chi connectivity index (χ0v) is 14.3. The van der Waals surface area contributed by atoms with E-state index in [-0.39, 0.29) is 12.1 Å². The van der Waals surface area contributed by atoms with Crippen LogP contribution in [-0.4, -0.2) is 49.4 Å². The number of carbonyl (C=O) groups is 1. The summed E-state index contributed by atoms with van der Waals surface area (Å²) in [5.41, 5.74) is 2.65. The lowest BCUT2D eigenvalue weighted by atomic mass is 9.82. The van der Waals surface area contributed by atoms with Gasteiger partial charge in [0.25, 0.3) is 0 Å². The first kappa shape index (κ1) is 17.6. The van der Waals surface area contributed by atoms with Crippen molar-refractivity contribution in [2.45, 2.75) is 44.6 Å². The van der Waals surface area contributed by atoms with Crippen LogP contribution < -0.4 is 10.1 Å². The van der Waals surface area contributed by atoms with Gasteiger partial charge in [-0.3, -0.25) is 0 Å². The Morgan fingerprint density at radius 3 is 3.00 bits per heavy atom. The summed E-state index contributed by atoms with van der Waals surface area (Å²) in [6.45, 7) is 2.94. The Balaban J connectivity index is 1.91. The van der Waals surface area contributed by atoms with Gasteiger partial charge in [-0.05, 0) is 55.9 Å². The molecule has 1 aromatic carbocycles. The van der Waals surface area contributed by atoms with Crippen molar-refractivity contribution < 1.29 is 14.6 Å². The summed E-state index contributed by atoms with van der Waals surface area (Å²) >= 11 is 0. The highest BCUT2D eigenvalue weighted by Crippen LogP contribution is 2.33. The van der Waals surface area contributed by atoms with Crippen LogP contribution >= 0.6 is 0 Å². The van der Waals surface area contributed by atoms with Gasteiger partial charge in [0, 0.05) is 26.1 Å². The number of aryl methyl sites for hydroxylation is 1. The molecule has 2 unspecified atom stereocenters. The topological polar surface area (TPSA) is 61.8 Å². The molecule has 0 aliphatic heterocycles.